The van der Waals surface area contributed by atoms with E-state index in [2.05, 4.69) is 4.90 Å². The van der Waals surface area contributed by atoms with Crippen LogP contribution in [-0.4, -0.2) is 24.6 Å². The van der Waals surface area contributed by atoms with E-state index in [1.165, 1.54) is 6.07 Å². The second kappa shape index (κ2) is 5.88. The van der Waals surface area contributed by atoms with Crippen LogP contribution in [0.1, 0.15) is 19.3 Å². The number of hydrogen-bond acceptors (Lipinski definition) is 5. The largest absolute Gasteiger partial charge is 0.393 e. The Labute approximate surface area is 112 Å². The minimum absolute atomic E-state index is 0.0261. The maximum Gasteiger partial charge on any atom is 0.292 e. The summed E-state index contributed by atoms with van der Waals surface area (Å²) in [6, 6.07) is 4.95. The third-order valence-corrected chi connectivity index (χ3v) is 3.76. The summed E-state index contributed by atoms with van der Waals surface area (Å²) in [5, 5.41) is 10.7. The van der Waals surface area contributed by atoms with Crippen molar-refractivity contribution < 1.29 is 4.92 Å². The number of nitrogen functional groups attached to an aromatic ring is 1. The molecule has 0 atom stereocenters. The van der Waals surface area contributed by atoms with Gasteiger partial charge in [0, 0.05) is 24.8 Å². The fourth-order valence-corrected chi connectivity index (χ4v) is 2.62. The molecule has 104 valence electrons. The van der Waals surface area contributed by atoms with Gasteiger partial charge in [0.05, 0.1) is 4.92 Å². The molecule has 4 N–H and O–H groups in total. The van der Waals surface area contributed by atoms with Crippen molar-refractivity contribution in [2.24, 2.45) is 11.7 Å². The molecule has 0 spiro atoms. The third-order valence-electron chi connectivity index (χ3n) is 3.76. The molecule has 0 aromatic heterocycles. The second-order valence-electron chi connectivity index (χ2n) is 5.01. The summed E-state index contributed by atoms with van der Waals surface area (Å²) < 4.78 is 0. The molecule has 0 unspecified atom stereocenters. The maximum absolute atomic E-state index is 10.7. The van der Waals surface area contributed by atoms with Crippen LogP contribution in [0.4, 0.5) is 17.1 Å². The minimum Gasteiger partial charge on any atom is -0.393 e. The highest BCUT2D eigenvalue weighted by atomic mass is 16.6. The van der Waals surface area contributed by atoms with Crippen molar-refractivity contribution in [1.29, 1.82) is 0 Å². The average molecular weight is 264 g/mol. The van der Waals surface area contributed by atoms with Crippen LogP contribution >= 0.6 is 0 Å². The molecule has 1 aliphatic heterocycles. The molecule has 6 heteroatoms. The molecule has 19 heavy (non-hydrogen) atoms. The predicted molar refractivity (Wildman–Crippen MR) is 76.1 cm³/mol. The van der Waals surface area contributed by atoms with Gasteiger partial charge in [-0.15, -0.1) is 0 Å². The molecule has 0 aliphatic carbocycles. The second-order valence-corrected chi connectivity index (χ2v) is 5.01. The van der Waals surface area contributed by atoms with Gasteiger partial charge in [-0.3, -0.25) is 10.1 Å². The van der Waals surface area contributed by atoms with E-state index in [0.29, 0.717) is 5.92 Å². The zero-order chi connectivity index (χ0) is 13.8. The molecular weight excluding hydrogens is 244 g/mol. The zero-order valence-electron chi connectivity index (χ0n) is 10.9. The first-order valence-electron chi connectivity index (χ1n) is 6.60. The van der Waals surface area contributed by atoms with E-state index >= 15 is 0 Å². The summed E-state index contributed by atoms with van der Waals surface area (Å²) >= 11 is 0. The molecule has 0 saturated carbocycles. The van der Waals surface area contributed by atoms with Gasteiger partial charge in [0.2, 0.25) is 0 Å². The number of nitro benzene ring substituents is 1. The highest BCUT2D eigenvalue weighted by Crippen LogP contribution is 2.30. The molecule has 0 amide bonds. The lowest BCUT2D eigenvalue weighted by molar-refractivity contribution is -0.383. The van der Waals surface area contributed by atoms with E-state index in [1.807, 2.05) is 0 Å². The average Bonchev–Trinajstić information content (AvgIpc) is 2.39. The number of anilines is 2. The number of nitro groups is 1. The first kappa shape index (κ1) is 13.6. The highest BCUT2D eigenvalue weighted by Gasteiger charge is 2.20. The first-order valence-corrected chi connectivity index (χ1v) is 6.60. The fraction of sp³-hybridized carbons (Fsp3) is 0.538. The predicted octanol–water partition coefficient (Wildman–Crippen LogP) is 1.74. The number of hydrogen-bond donors (Lipinski definition) is 2. The van der Waals surface area contributed by atoms with E-state index in [0.717, 1.165) is 44.6 Å². The van der Waals surface area contributed by atoms with Crippen molar-refractivity contribution in [3.05, 3.63) is 28.3 Å². The summed E-state index contributed by atoms with van der Waals surface area (Å²) in [4.78, 5) is 12.5. The lowest BCUT2D eigenvalue weighted by Crippen LogP contribution is -2.34. The van der Waals surface area contributed by atoms with Crippen LogP contribution in [-0.2, 0) is 0 Å². The number of benzene rings is 1. The summed E-state index contributed by atoms with van der Waals surface area (Å²) in [7, 11) is 0. The van der Waals surface area contributed by atoms with Gasteiger partial charge in [0.1, 0.15) is 5.69 Å². The topological polar surface area (TPSA) is 98.4 Å². The van der Waals surface area contributed by atoms with E-state index in [9.17, 15) is 10.1 Å². The molecule has 1 aromatic carbocycles. The third kappa shape index (κ3) is 3.14. The number of piperidine rings is 1. The van der Waals surface area contributed by atoms with Crippen LogP contribution in [0.2, 0.25) is 0 Å². The van der Waals surface area contributed by atoms with Crippen LogP contribution in [0, 0.1) is 16.0 Å². The first-order chi connectivity index (χ1) is 9.11. The van der Waals surface area contributed by atoms with Crippen LogP contribution in [0.5, 0.6) is 0 Å². The smallest absolute Gasteiger partial charge is 0.292 e. The van der Waals surface area contributed by atoms with E-state index < -0.39 is 4.92 Å². The summed E-state index contributed by atoms with van der Waals surface area (Å²) in [6.45, 7) is 2.67. The lowest BCUT2D eigenvalue weighted by atomic mass is 9.93. The molecule has 1 fully saturated rings. The van der Waals surface area contributed by atoms with Gasteiger partial charge < -0.3 is 16.4 Å². The van der Waals surface area contributed by atoms with Gasteiger partial charge in [-0.2, -0.15) is 0 Å². The summed E-state index contributed by atoms with van der Waals surface area (Å²) in [5.74, 6) is 0.705. The molecule has 1 aliphatic rings. The lowest BCUT2D eigenvalue weighted by Gasteiger charge is -2.33. The fourth-order valence-electron chi connectivity index (χ4n) is 2.62. The van der Waals surface area contributed by atoms with Gasteiger partial charge in [0.25, 0.3) is 5.69 Å². The van der Waals surface area contributed by atoms with Crippen LogP contribution in [0.25, 0.3) is 0 Å². The minimum atomic E-state index is -0.452. The highest BCUT2D eigenvalue weighted by molar-refractivity contribution is 5.66. The van der Waals surface area contributed by atoms with Crippen molar-refractivity contribution in [3.8, 4) is 0 Å². The molecule has 0 bridgehead atoms. The summed E-state index contributed by atoms with van der Waals surface area (Å²) in [6.07, 6.45) is 3.32. The molecule has 6 nitrogen and oxygen atoms in total. The number of rotatable bonds is 4. The van der Waals surface area contributed by atoms with Crippen LogP contribution < -0.4 is 16.4 Å². The molecule has 1 heterocycles. The van der Waals surface area contributed by atoms with Crippen molar-refractivity contribution in [1.82, 2.24) is 0 Å². The van der Waals surface area contributed by atoms with E-state index in [4.69, 9.17) is 11.5 Å². The molecule has 1 aromatic rings. The number of nitrogens with zero attached hydrogens (tertiary/aromatic N) is 2. The monoisotopic (exact) mass is 264 g/mol. The van der Waals surface area contributed by atoms with Gasteiger partial charge in [-0.05, 0) is 43.9 Å². The van der Waals surface area contributed by atoms with E-state index in [1.54, 1.807) is 12.1 Å². The van der Waals surface area contributed by atoms with Crippen molar-refractivity contribution in [2.45, 2.75) is 19.3 Å². The Bertz CT molecular complexity index is 456. The Morgan fingerprint density at radius 3 is 2.58 bits per heavy atom. The van der Waals surface area contributed by atoms with Gasteiger partial charge >= 0.3 is 0 Å². The molecule has 1 saturated heterocycles. The van der Waals surface area contributed by atoms with E-state index in [-0.39, 0.29) is 11.4 Å². The van der Waals surface area contributed by atoms with Gasteiger partial charge in [0.15, 0.2) is 0 Å². The SMILES string of the molecule is NCCC1CCN(c2ccc([N+](=O)[O-])c(N)c2)CC1. The van der Waals surface area contributed by atoms with Gasteiger partial charge in [-0.25, -0.2) is 0 Å². The summed E-state index contributed by atoms with van der Waals surface area (Å²) in [5.41, 5.74) is 12.5. The zero-order valence-corrected chi connectivity index (χ0v) is 10.9. The Balaban J connectivity index is 2.04. The molecule has 2 rings (SSSR count). The normalized spacial score (nSPS) is 16.6. The Morgan fingerprint density at radius 1 is 1.37 bits per heavy atom. The maximum atomic E-state index is 10.7. The van der Waals surface area contributed by atoms with Crippen molar-refractivity contribution in [3.63, 3.8) is 0 Å². The quantitative estimate of drug-likeness (QED) is 0.490. The van der Waals surface area contributed by atoms with Gasteiger partial charge in [-0.1, -0.05) is 0 Å². The van der Waals surface area contributed by atoms with Crippen molar-refractivity contribution >= 4 is 17.1 Å². The van der Waals surface area contributed by atoms with Crippen LogP contribution in [0.3, 0.4) is 0 Å². The van der Waals surface area contributed by atoms with Crippen LogP contribution in [0.15, 0.2) is 18.2 Å². The standard InChI is InChI=1S/C13H20N4O2/c14-6-3-10-4-7-16(8-5-10)11-1-2-13(17(18)19)12(15)9-11/h1-2,9-10H,3-8,14-15H2. The Kier molecular flexibility index (Phi) is 4.21. The molecular formula is C13H20N4O2. The Hall–Kier alpha value is -1.82. The Morgan fingerprint density at radius 2 is 2.05 bits per heavy atom. The molecule has 0 radical (unpaired) electrons. The number of nitrogens with two attached hydrogens (primary N) is 2. The van der Waals surface area contributed by atoms with Crippen molar-refractivity contribution in [2.75, 3.05) is 30.3 Å².